The molecule has 0 aliphatic heterocycles. The molecule has 0 heterocycles. The molecule has 19 heavy (non-hydrogen) atoms. The smallest absolute Gasteiger partial charge is 0.329 e. The van der Waals surface area contributed by atoms with Crippen LogP contribution in [-0.2, 0) is 4.79 Å². The Balaban J connectivity index is 3.19. The Hall–Kier alpha value is -1.43. The van der Waals surface area contributed by atoms with E-state index < -0.39 is 23.2 Å². The topological polar surface area (TPSA) is 57.6 Å². The second-order valence-corrected chi connectivity index (χ2v) is 5.45. The first-order valence-electron chi connectivity index (χ1n) is 5.72. The third-order valence-corrected chi connectivity index (χ3v) is 3.41. The Labute approximate surface area is 119 Å². The molecule has 0 atom stereocenters. The summed E-state index contributed by atoms with van der Waals surface area (Å²) < 4.78 is 14.3. The Morgan fingerprint density at radius 3 is 2.42 bits per heavy atom. The number of carboxylic acid groups (broad SMARTS) is 1. The molecule has 1 rings (SSSR count). The zero-order valence-electron chi connectivity index (χ0n) is 10.9. The monoisotopic (exact) mass is 331 g/mol. The van der Waals surface area contributed by atoms with Gasteiger partial charge >= 0.3 is 5.97 Å². The first-order chi connectivity index (χ1) is 8.71. The van der Waals surface area contributed by atoms with E-state index in [0.29, 0.717) is 4.47 Å². The van der Waals surface area contributed by atoms with E-state index in [1.165, 1.54) is 32.0 Å². The Kier molecular flexibility index (Phi) is 4.68. The predicted molar refractivity (Wildman–Crippen MR) is 72.5 cm³/mol. The molecule has 0 aromatic heterocycles. The lowest BCUT2D eigenvalue weighted by Gasteiger charge is -2.34. The summed E-state index contributed by atoms with van der Waals surface area (Å²) in [5.41, 5.74) is -1.54. The number of hydrogen-bond donors (Lipinski definition) is 1. The second kappa shape index (κ2) is 5.69. The van der Waals surface area contributed by atoms with E-state index >= 15 is 0 Å². The number of halogens is 2. The number of aliphatic carboxylic acids is 1. The molecular formula is C13H15BrFNO3. The highest BCUT2D eigenvalue weighted by atomic mass is 79.9. The Morgan fingerprint density at radius 1 is 1.42 bits per heavy atom. The summed E-state index contributed by atoms with van der Waals surface area (Å²) >= 11 is 3.10. The number of hydrogen-bond acceptors (Lipinski definition) is 2. The number of amides is 1. The Morgan fingerprint density at radius 2 is 2.00 bits per heavy atom. The van der Waals surface area contributed by atoms with Crippen molar-refractivity contribution in [3.63, 3.8) is 0 Å². The number of nitrogens with zero attached hydrogens (tertiary/aromatic N) is 1. The third-order valence-electron chi connectivity index (χ3n) is 2.92. The molecule has 0 unspecified atom stereocenters. The van der Waals surface area contributed by atoms with Crippen molar-refractivity contribution in [1.29, 1.82) is 0 Å². The SMILES string of the molecule is CCN(C(=O)c1ccc(Br)cc1F)C(C)(C)C(=O)O. The zero-order valence-corrected chi connectivity index (χ0v) is 12.5. The number of carboxylic acids is 1. The summed E-state index contributed by atoms with van der Waals surface area (Å²) in [6, 6.07) is 4.05. The van der Waals surface area contributed by atoms with Crippen molar-refractivity contribution in [2.24, 2.45) is 0 Å². The second-order valence-electron chi connectivity index (χ2n) is 4.54. The van der Waals surface area contributed by atoms with Crippen LogP contribution < -0.4 is 0 Å². The van der Waals surface area contributed by atoms with Crippen molar-refractivity contribution in [3.05, 3.63) is 34.1 Å². The van der Waals surface area contributed by atoms with Crippen LogP contribution >= 0.6 is 15.9 Å². The van der Waals surface area contributed by atoms with Crippen molar-refractivity contribution in [2.45, 2.75) is 26.3 Å². The van der Waals surface area contributed by atoms with E-state index in [4.69, 9.17) is 5.11 Å². The molecular weight excluding hydrogens is 317 g/mol. The quantitative estimate of drug-likeness (QED) is 0.922. The highest BCUT2D eigenvalue weighted by Gasteiger charge is 2.37. The number of benzene rings is 1. The lowest BCUT2D eigenvalue weighted by molar-refractivity contribution is -0.147. The number of carbonyl (C=O) groups excluding carboxylic acids is 1. The molecule has 104 valence electrons. The summed E-state index contributed by atoms with van der Waals surface area (Å²) in [5.74, 6) is -2.46. The molecule has 0 saturated carbocycles. The molecule has 0 radical (unpaired) electrons. The van der Waals surface area contributed by atoms with Crippen molar-refractivity contribution in [3.8, 4) is 0 Å². The minimum atomic E-state index is -1.40. The maximum Gasteiger partial charge on any atom is 0.329 e. The van der Waals surface area contributed by atoms with E-state index in [1.807, 2.05) is 0 Å². The molecule has 4 nitrogen and oxygen atoms in total. The molecule has 1 N–H and O–H groups in total. The molecule has 0 aliphatic carbocycles. The standard InChI is InChI=1S/C13H15BrFNO3/c1-4-16(13(2,3)12(18)19)11(17)9-6-5-8(14)7-10(9)15/h5-7H,4H2,1-3H3,(H,18,19). The van der Waals surface area contributed by atoms with Gasteiger partial charge in [-0.1, -0.05) is 15.9 Å². The van der Waals surface area contributed by atoms with Crippen molar-refractivity contribution in [2.75, 3.05) is 6.54 Å². The number of carbonyl (C=O) groups is 2. The van der Waals surface area contributed by atoms with Gasteiger partial charge in [0.15, 0.2) is 0 Å². The van der Waals surface area contributed by atoms with Gasteiger partial charge in [-0.25, -0.2) is 9.18 Å². The van der Waals surface area contributed by atoms with E-state index in [-0.39, 0.29) is 12.1 Å². The summed E-state index contributed by atoms with van der Waals surface area (Å²) in [6.07, 6.45) is 0. The van der Waals surface area contributed by atoms with E-state index in [9.17, 15) is 14.0 Å². The molecule has 0 aliphatic rings. The molecule has 1 aromatic carbocycles. The van der Waals surface area contributed by atoms with Crippen LogP contribution in [0.15, 0.2) is 22.7 Å². The molecule has 0 fully saturated rings. The summed E-state index contributed by atoms with van der Waals surface area (Å²) in [7, 11) is 0. The number of rotatable bonds is 4. The van der Waals surface area contributed by atoms with Crippen molar-refractivity contribution < 1.29 is 19.1 Å². The maximum atomic E-state index is 13.8. The largest absolute Gasteiger partial charge is 0.480 e. The fourth-order valence-corrected chi connectivity index (χ4v) is 2.05. The average molecular weight is 332 g/mol. The van der Waals surface area contributed by atoms with Crippen LogP contribution in [0, 0.1) is 5.82 Å². The van der Waals surface area contributed by atoms with Crippen molar-refractivity contribution in [1.82, 2.24) is 4.90 Å². The lowest BCUT2D eigenvalue weighted by atomic mass is 10.0. The number of likely N-dealkylation sites (N-methyl/N-ethyl adjacent to an activating group) is 1. The summed E-state index contributed by atoms with van der Waals surface area (Å²) in [5, 5.41) is 9.16. The summed E-state index contributed by atoms with van der Waals surface area (Å²) in [4.78, 5) is 24.6. The molecule has 1 aromatic rings. The highest BCUT2D eigenvalue weighted by molar-refractivity contribution is 9.10. The van der Waals surface area contributed by atoms with Gasteiger partial charge < -0.3 is 10.0 Å². The average Bonchev–Trinajstić information content (AvgIpc) is 2.28. The van der Waals surface area contributed by atoms with Crippen LogP contribution in [0.25, 0.3) is 0 Å². The van der Waals surface area contributed by atoms with Gasteiger partial charge in [0.25, 0.3) is 5.91 Å². The van der Waals surface area contributed by atoms with Crippen LogP contribution in [0.2, 0.25) is 0 Å². The summed E-state index contributed by atoms with van der Waals surface area (Å²) in [6.45, 7) is 4.65. The predicted octanol–water partition coefficient (Wildman–Crippen LogP) is 2.91. The van der Waals surface area contributed by atoms with E-state index in [0.717, 1.165) is 4.90 Å². The lowest BCUT2D eigenvalue weighted by Crippen LogP contribution is -2.53. The van der Waals surface area contributed by atoms with Crippen LogP contribution in [0.5, 0.6) is 0 Å². The van der Waals surface area contributed by atoms with Gasteiger partial charge in [-0.2, -0.15) is 0 Å². The van der Waals surface area contributed by atoms with Crippen LogP contribution in [0.4, 0.5) is 4.39 Å². The molecule has 0 bridgehead atoms. The van der Waals surface area contributed by atoms with Gasteiger partial charge in [0.1, 0.15) is 11.4 Å². The molecule has 0 spiro atoms. The zero-order chi connectivity index (χ0) is 14.8. The van der Waals surface area contributed by atoms with Crippen molar-refractivity contribution >= 4 is 27.8 Å². The molecule has 0 saturated heterocycles. The maximum absolute atomic E-state index is 13.8. The van der Waals surface area contributed by atoms with Crippen LogP contribution in [-0.4, -0.2) is 34.0 Å². The van der Waals surface area contributed by atoms with Gasteiger partial charge in [0.2, 0.25) is 0 Å². The van der Waals surface area contributed by atoms with Gasteiger partial charge in [-0.05, 0) is 39.0 Å². The van der Waals surface area contributed by atoms with Crippen LogP contribution in [0.1, 0.15) is 31.1 Å². The van der Waals surface area contributed by atoms with Crippen LogP contribution in [0.3, 0.4) is 0 Å². The normalized spacial score (nSPS) is 11.2. The van der Waals surface area contributed by atoms with E-state index in [2.05, 4.69) is 15.9 Å². The molecule has 1 amide bonds. The first kappa shape index (κ1) is 15.6. The fourth-order valence-electron chi connectivity index (χ4n) is 1.72. The van der Waals surface area contributed by atoms with Gasteiger partial charge in [0, 0.05) is 11.0 Å². The molecule has 6 heteroatoms. The minimum Gasteiger partial charge on any atom is -0.480 e. The van der Waals surface area contributed by atoms with Gasteiger partial charge in [-0.15, -0.1) is 0 Å². The minimum absolute atomic E-state index is 0.139. The third kappa shape index (κ3) is 3.12. The Bertz CT molecular complexity index is 517. The fraction of sp³-hybridized carbons (Fsp3) is 0.385. The first-order valence-corrected chi connectivity index (χ1v) is 6.51. The van der Waals surface area contributed by atoms with Gasteiger partial charge in [-0.3, -0.25) is 4.79 Å². The van der Waals surface area contributed by atoms with Gasteiger partial charge in [0.05, 0.1) is 5.56 Å². The van der Waals surface area contributed by atoms with E-state index in [1.54, 1.807) is 6.92 Å². The highest BCUT2D eigenvalue weighted by Crippen LogP contribution is 2.21.